The first-order valence-electron chi connectivity index (χ1n) is 25.5. The van der Waals surface area contributed by atoms with E-state index in [1.807, 2.05) is 21.1 Å². The first kappa shape index (κ1) is 61.9. The Balaban J connectivity index is 4.37. The summed E-state index contributed by atoms with van der Waals surface area (Å²) < 4.78 is 34.4. The van der Waals surface area contributed by atoms with E-state index in [0.29, 0.717) is 17.4 Å². The maximum atomic E-state index is 12.8. The number of hydrogen-bond donors (Lipinski definition) is 1. The van der Waals surface area contributed by atoms with Gasteiger partial charge in [0.05, 0.1) is 27.7 Å². The molecule has 0 aromatic heterocycles. The van der Waals surface area contributed by atoms with Crippen LogP contribution in [0.3, 0.4) is 0 Å². The Bertz CT molecular complexity index is 1420. The molecule has 0 spiro atoms. The van der Waals surface area contributed by atoms with Crippen molar-refractivity contribution in [2.45, 2.75) is 193 Å². The lowest BCUT2D eigenvalue weighted by Gasteiger charge is -2.24. The van der Waals surface area contributed by atoms with Crippen molar-refractivity contribution in [3.8, 4) is 0 Å². The molecule has 0 aliphatic carbocycles. The van der Waals surface area contributed by atoms with Crippen molar-refractivity contribution >= 4 is 19.8 Å². The Morgan fingerprint density at radius 3 is 1.31 bits per heavy atom. The number of hydrogen-bond acceptors (Lipinski definition) is 7. The number of nitrogens with zero attached hydrogens (tertiary/aromatic N) is 1. The van der Waals surface area contributed by atoms with E-state index >= 15 is 0 Å². The molecule has 0 radical (unpaired) electrons. The van der Waals surface area contributed by atoms with E-state index in [1.54, 1.807) is 0 Å². The van der Waals surface area contributed by atoms with E-state index in [2.05, 4.69) is 111 Å². The molecule has 10 heteroatoms. The predicted molar refractivity (Wildman–Crippen MR) is 275 cm³/mol. The average molecular weight is 929 g/mol. The summed E-state index contributed by atoms with van der Waals surface area (Å²) in [5.74, 6) is -0.843. The van der Waals surface area contributed by atoms with Crippen LogP contribution in [-0.2, 0) is 32.7 Å². The Labute approximate surface area is 398 Å². The van der Waals surface area contributed by atoms with Crippen molar-refractivity contribution in [3.63, 3.8) is 0 Å². The standard InChI is InChI=1S/C55H94NO8P/c1-6-8-10-12-14-16-18-20-22-24-26-27-28-29-30-32-34-36-38-40-42-44-46-48-55(58)64-53(52-63-65(59,60)62-50-49-56(3,4)5)51-61-54(57)47-45-43-41-39-37-35-33-31-25-23-21-19-17-15-13-11-9-7-2/h8,10,14,16-17,19-20,22-23,25-27,29-30,34,36,53H,6-7,9,11-13,15,18,21,24,28,31-33,35,37-52H2,1-5H3/p+1/b10-8-,16-14-,19-17-,22-20-,25-23-,27-26-,30-29-,36-34-. The van der Waals surface area contributed by atoms with Gasteiger partial charge >= 0.3 is 19.8 Å². The zero-order valence-electron chi connectivity index (χ0n) is 41.9. The topological polar surface area (TPSA) is 108 Å². The molecule has 0 rings (SSSR count). The molecular formula is C55H95NO8P+. The van der Waals surface area contributed by atoms with E-state index in [4.69, 9.17) is 18.5 Å². The molecule has 0 fully saturated rings. The minimum Gasteiger partial charge on any atom is -0.462 e. The fourth-order valence-electron chi connectivity index (χ4n) is 6.40. The van der Waals surface area contributed by atoms with Crippen LogP contribution in [0.1, 0.15) is 187 Å². The van der Waals surface area contributed by atoms with Gasteiger partial charge in [0.1, 0.15) is 19.8 Å². The molecule has 0 aromatic rings. The van der Waals surface area contributed by atoms with Crippen LogP contribution in [0.25, 0.3) is 0 Å². The van der Waals surface area contributed by atoms with Gasteiger partial charge in [-0.2, -0.15) is 0 Å². The molecule has 0 saturated heterocycles. The van der Waals surface area contributed by atoms with Gasteiger partial charge in [-0.05, 0) is 96.3 Å². The number of phosphoric ester groups is 1. The summed E-state index contributed by atoms with van der Waals surface area (Å²) in [4.78, 5) is 35.6. The average Bonchev–Trinajstić information content (AvgIpc) is 3.26. The maximum Gasteiger partial charge on any atom is 0.472 e. The van der Waals surface area contributed by atoms with Gasteiger partial charge in [-0.25, -0.2) is 4.57 Å². The molecule has 2 unspecified atom stereocenters. The second-order valence-electron chi connectivity index (χ2n) is 17.8. The number of esters is 2. The summed E-state index contributed by atoms with van der Waals surface area (Å²) in [5, 5.41) is 0. The minimum atomic E-state index is -4.40. The Morgan fingerprint density at radius 1 is 0.492 bits per heavy atom. The lowest BCUT2D eigenvalue weighted by atomic mass is 10.1. The van der Waals surface area contributed by atoms with Crippen molar-refractivity contribution in [1.82, 2.24) is 0 Å². The number of rotatable bonds is 45. The smallest absolute Gasteiger partial charge is 0.462 e. The number of phosphoric acid groups is 1. The molecule has 0 aliphatic heterocycles. The molecule has 372 valence electrons. The van der Waals surface area contributed by atoms with Gasteiger partial charge in [-0.1, -0.05) is 175 Å². The van der Waals surface area contributed by atoms with Crippen molar-refractivity contribution in [2.75, 3.05) is 47.5 Å². The lowest BCUT2D eigenvalue weighted by Crippen LogP contribution is -2.37. The summed E-state index contributed by atoms with van der Waals surface area (Å²) in [5.41, 5.74) is 0. The normalized spacial score (nSPS) is 14.2. The Kier molecular flexibility index (Phi) is 43.9. The molecule has 0 amide bonds. The van der Waals surface area contributed by atoms with Crippen LogP contribution in [0.5, 0.6) is 0 Å². The maximum absolute atomic E-state index is 12.8. The number of carbonyl (C=O) groups excluding carboxylic acids is 2. The van der Waals surface area contributed by atoms with Crippen LogP contribution in [0.4, 0.5) is 0 Å². The number of carbonyl (C=O) groups is 2. The molecular weight excluding hydrogens is 834 g/mol. The molecule has 0 aromatic carbocycles. The summed E-state index contributed by atoms with van der Waals surface area (Å²) in [6.07, 6.45) is 61.7. The number of allylic oxidation sites excluding steroid dienone is 16. The molecule has 0 aliphatic rings. The number of quaternary nitrogens is 1. The van der Waals surface area contributed by atoms with E-state index < -0.39 is 26.5 Å². The van der Waals surface area contributed by atoms with Crippen molar-refractivity contribution < 1.29 is 42.1 Å². The predicted octanol–water partition coefficient (Wildman–Crippen LogP) is 15.3. The monoisotopic (exact) mass is 929 g/mol. The third-order valence-corrected chi connectivity index (χ3v) is 11.3. The van der Waals surface area contributed by atoms with Gasteiger partial charge in [0.15, 0.2) is 6.10 Å². The Hall–Kier alpha value is -3.07. The van der Waals surface area contributed by atoms with E-state index in [1.165, 1.54) is 51.4 Å². The molecule has 0 heterocycles. The first-order valence-corrected chi connectivity index (χ1v) is 27.0. The van der Waals surface area contributed by atoms with Crippen LogP contribution >= 0.6 is 7.82 Å². The van der Waals surface area contributed by atoms with E-state index in [-0.39, 0.29) is 32.0 Å². The zero-order valence-corrected chi connectivity index (χ0v) is 42.8. The fraction of sp³-hybridized carbons (Fsp3) is 0.673. The van der Waals surface area contributed by atoms with Gasteiger partial charge in [-0.3, -0.25) is 18.6 Å². The van der Waals surface area contributed by atoms with Crippen LogP contribution in [0.2, 0.25) is 0 Å². The Morgan fingerprint density at radius 2 is 0.877 bits per heavy atom. The third-order valence-electron chi connectivity index (χ3n) is 10.3. The second kappa shape index (κ2) is 46.1. The number of unbranched alkanes of at least 4 members (excludes halogenated alkanes) is 15. The van der Waals surface area contributed by atoms with E-state index in [9.17, 15) is 19.0 Å². The quantitative estimate of drug-likeness (QED) is 0.0211. The minimum absolute atomic E-state index is 0.0194. The third kappa shape index (κ3) is 50.2. The highest BCUT2D eigenvalue weighted by Crippen LogP contribution is 2.43. The van der Waals surface area contributed by atoms with Crippen LogP contribution in [0.15, 0.2) is 97.2 Å². The van der Waals surface area contributed by atoms with Gasteiger partial charge in [0.25, 0.3) is 0 Å². The number of likely N-dealkylation sites (N-methyl/N-ethyl adjacent to an activating group) is 1. The highest BCUT2D eigenvalue weighted by Gasteiger charge is 2.27. The van der Waals surface area contributed by atoms with E-state index in [0.717, 1.165) is 103 Å². The molecule has 1 N–H and O–H groups in total. The molecule has 0 bridgehead atoms. The molecule has 65 heavy (non-hydrogen) atoms. The highest BCUT2D eigenvalue weighted by atomic mass is 31.2. The number of ether oxygens (including phenoxy) is 2. The fourth-order valence-corrected chi connectivity index (χ4v) is 7.14. The van der Waals surface area contributed by atoms with Gasteiger partial charge < -0.3 is 18.9 Å². The van der Waals surface area contributed by atoms with Crippen molar-refractivity contribution in [3.05, 3.63) is 97.2 Å². The van der Waals surface area contributed by atoms with Crippen molar-refractivity contribution in [1.29, 1.82) is 0 Å². The van der Waals surface area contributed by atoms with Crippen LogP contribution in [0, 0.1) is 0 Å². The van der Waals surface area contributed by atoms with Crippen LogP contribution in [-0.4, -0.2) is 74.9 Å². The first-order chi connectivity index (χ1) is 31.5. The van der Waals surface area contributed by atoms with Crippen molar-refractivity contribution in [2.24, 2.45) is 0 Å². The lowest BCUT2D eigenvalue weighted by molar-refractivity contribution is -0.870. The summed E-state index contributed by atoms with van der Waals surface area (Å²) in [6.45, 7) is 4.24. The molecule has 2 atom stereocenters. The SMILES string of the molecule is CC/C=C\C/C=C\C/C=C\C/C=C\C/C=C\C/C=C\CCCCCCC(=O)OC(COC(=O)CCCCCCCCC/C=C\C/C=C\CCCCCC)COP(=O)(O)OCC[N+](C)(C)C. The summed E-state index contributed by atoms with van der Waals surface area (Å²) in [6, 6.07) is 0. The highest BCUT2D eigenvalue weighted by molar-refractivity contribution is 7.47. The molecule has 9 nitrogen and oxygen atoms in total. The van der Waals surface area contributed by atoms with Gasteiger partial charge in [-0.15, -0.1) is 0 Å². The molecule has 0 saturated carbocycles. The zero-order chi connectivity index (χ0) is 47.8. The second-order valence-corrected chi connectivity index (χ2v) is 19.3. The van der Waals surface area contributed by atoms with Gasteiger partial charge in [0.2, 0.25) is 0 Å². The van der Waals surface area contributed by atoms with Gasteiger partial charge in [0, 0.05) is 12.8 Å². The largest absolute Gasteiger partial charge is 0.472 e. The van der Waals surface area contributed by atoms with Crippen LogP contribution < -0.4 is 0 Å². The summed E-state index contributed by atoms with van der Waals surface area (Å²) >= 11 is 0. The summed E-state index contributed by atoms with van der Waals surface area (Å²) in [7, 11) is 1.44.